The Kier molecular flexibility index (Phi) is 4.78. The van der Waals surface area contributed by atoms with Gasteiger partial charge in [0.05, 0.1) is 6.61 Å². The molecule has 5 unspecified atom stereocenters. The van der Waals surface area contributed by atoms with Crippen LogP contribution in [0.2, 0.25) is 5.02 Å². The van der Waals surface area contributed by atoms with Gasteiger partial charge in [0.15, 0.2) is 11.9 Å². The Labute approximate surface area is 119 Å². The molecular weight excluding hydrogens is 292 g/mol. The van der Waals surface area contributed by atoms with Crippen LogP contribution < -0.4 is 10.5 Å². The van der Waals surface area contributed by atoms with Gasteiger partial charge in [-0.15, -0.1) is 0 Å². The van der Waals surface area contributed by atoms with Gasteiger partial charge >= 0.3 is 0 Å². The molecule has 0 aromatic heterocycles. The van der Waals surface area contributed by atoms with E-state index < -0.39 is 29.8 Å². The van der Waals surface area contributed by atoms with E-state index in [0.29, 0.717) is 5.69 Å². The van der Waals surface area contributed by atoms with Gasteiger partial charge in [0.1, 0.15) is 23.3 Å². The van der Waals surface area contributed by atoms with Gasteiger partial charge in [0, 0.05) is 11.8 Å². The van der Waals surface area contributed by atoms with Crippen LogP contribution in [-0.2, 0) is 4.74 Å². The highest BCUT2D eigenvalue weighted by molar-refractivity contribution is 6.32. The van der Waals surface area contributed by atoms with Crippen LogP contribution in [0.15, 0.2) is 18.2 Å². The second kappa shape index (κ2) is 6.20. The molecule has 20 heavy (non-hydrogen) atoms. The van der Waals surface area contributed by atoms with E-state index in [4.69, 9.17) is 21.5 Å². The third-order valence-electron chi connectivity index (χ3n) is 3.01. The summed E-state index contributed by atoms with van der Waals surface area (Å²) in [4.78, 5) is 0. The van der Waals surface area contributed by atoms with Gasteiger partial charge in [-0.1, -0.05) is 11.6 Å². The van der Waals surface area contributed by atoms with Gasteiger partial charge in [-0.05, 0) is 12.1 Å². The highest BCUT2D eigenvalue weighted by atomic mass is 35.5. The van der Waals surface area contributed by atoms with E-state index in [1.54, 1.807) is 0 Å². The normalized spacial score (nSPS) is 31.9. The van der Waals surface area contributed by atoms with Crippen LogP contribution in [0.25, 0.3) is 0 Å². The lowest BCUT2D eigenvalue weighted by atomic mass is 10.0. The van der Waals surface area contributed by atoms with Crippen LogP contribution in [-0.4, -0.2) is 51.7 Å². The molecule has 0 aliphatic carbocycles. The molecule has 9 heteroatoms. The van der Waals surface area contributed by atoms with Crippen molar-refractivity contribution in [1.82, 2.24) is 0 Å². The minimum Gasteiger partial charge on any atom is -0.595 e. The first-order valence-electron chi connectivity index (χ1n) is 5.85. The van der Waals surface area contributed by atoms with E-state index in [1.165, 1.54) is 18.2 Å². The molecular formula is C11H15ClN2O6. The molecule has 1 aromatic rings. The number of aliphatic hydroxyl groups is 3. The van der Waals surface area contributed by atoms with Crippen molar-refractivity contribution in [2.75, 3.05) is 11.9 Å². The van der Waals surface area contributed by atoms with E-state index in [1.807, 2.05) is 0 Å². The van der Waals surface area contributed by atoms with Crippen molar-refractivity contribution in [3.05, 3.63) is 28.4 Å². The average molecular weight is 307 g/mol. The monoisotopic (exact) mass is 306 g/mol. The molecule has 1 saturated heterocycles. The maximum atomic E-state index is 11.0. The van der Waals surface area contributed by atoms with Gasteiger partial charge in [0.2, 0.25) is 0 Å². The van der Waals surface area contributed by atoms with Crippen LogP contribution in [0.5, 0.6) is 0 Å². The van der Waals surface area contributed by atoms with E-state index in [2.05, 4.69) is 5.32 Å². The standard InChI is InChI=1S/C11H15ClN2O6/c12-6-2-1-5(3-7(6)14(18)19)13-11-10(17)9(16)8(15)4-20-11/h1-3,8-11,13-18H,4H2. The zero-order valence-electron chi connectivity index (χ0n) is 10.2. The average Bonchev–Trinajstić information content (AvgIpc) is 2.41. The zero-order valence-corrected chi connectivity index (χ0v) is 11.0. The molecule has 5 atom stereocenters. The molecule has 2 rings (SSSR count). The van der Waals surface area contributed by atoms with E-state index in [9.17, 15) is 20.5 Å². The molecule has 6 N–H and O–H groups in total. The number of ether oxygens (including phenoxy) is 1. The Hall–Kier alpha value is -0.970. The summed E-state index contributed by atoms with van der Waals surface area (Å²) < 4.78 is 5.16. The summed E-state index contributed by atoms with van der Waals surface area (Å²) in [5, 5.41) is 50.2. The van der Waals surface area contributed by atoms with Crippen molar-refractivity contribution in [2.24, 2.45) is 0 Å². The Bertz CT molecular complexity index is 474. The topological polar surface area (TPSA) is 130 Å². The molecule has 0 radical (unpaired) electrons. The molecule has 0 bridgehead atoms. The van der Waals surface area contributed by atoms with E-state index in [-0.39, 0.29) is 17.3 Å². The minimum absolute atomic E-state index is 0.0867. The third kappa shape index (κ3) is 3.19. The number of aliphatic hydroxyl groups excluding tert-OH is 3. The number of anilines is 1. The first-order chi connectivity index (χ1) is 9.40. The number of nitrogens with one attached hydrogen (secondary N) is 2. The fraction of sp³-hybridized carbons (Fsp3) is 0.455. The summed E-state index contributed by atoms with van der Waals surface area (Å²) in [6.45, 7) is -0.144. The van der Waals surface area contributed by atoms with Gasteiger partial charge in [-0.3, -0.25) is 0 Å². The fourth-order valence-corrected chi connectivity index (χ4v) is 2.07. The van der Waals surface area contributed by atoms with Crippen LogP contribution in [0, 0.1) is 5.21 Å². The first-order valence-corrected chi connectivity index (χ1v) is 6.23. The van der Waals surface area contributed by atoms with Crippen LogP contribution in [0.4, 0.5) is 11.4 Å². The number of hydrogen-bond acceptors (Lipinski definition) is 7. The highest BCUT2D eigenvalue weighted by Crippen LogP contribution is 2.24. The number of halogens is 1. The quantitative estimate of drug-likeness (QED) is 0.379. The summed E-state index contributed by atoms with van der Waals surface area (Å²) in [5.74, 6) is 0. The second-order valence-corrected chi connectivity index (χ2v) is 4.85. The molecule has 1 fully saturated rings. The lowest BCUT2D eigenvalue weighted by Crippen LogP contribution is -2.99. The number of hydrogen-bond donors (Lipinski definition) is 6. The number of rotatable bonds is 3. The summed E-state index contributed by atoms with van der Waals surface area (Å²) in [6.07, 6.45) is -4.81. The van der Waals surface area contributed by atoms with Gasteiger partial charge in [-0.25, -0.2) is 5.21 Å². The number of quaternary nitrogens is 1. The van der Waals surface area contributed by atoms with Crippen molar-refractivity contribution in [1.29, 1.82) is 0 Å². The predicted octanol–water partition coefficient (Wildman–Crippen LogP) is -1.41. The molecule has 8 nitrogen and oxygen atoms in total. The Morgan fingerprint density at radius 2 is 2.00 bits per heavy atom. The smallest absolute Gasteiger partial charge is 0.184 e. The molecule has 1 aliphatic rings. The summed E-state index contributed by atoms with van der Waals surface area (Å²) in [7, 11) is 0. The maximum Gasteiger partial charge on any atom is 0.184 e. The lowest BCUT2D eigenvalue weighted by molar-refractivity contribution is -0.991. The number of benzene rings is 1. The SMILES string of the molecule is [O-][NH+](O)c1cc(NC2OCC(O)C(O)C2O)ccc1Cl. The molecule has 1 aromatic carbocycles. The van der Waals surface area contributed by atoms with Gasteiger partial charge in [0.25, 0.3) is 0 Å². The van der Waals surface area contributed by atoms with Crippen LogP contribution in [0.1, 0.15) is 0 Å². The van der Waals surface area contributed by atoms with Gasteiger partial charge in [-0.2, -0.15) is 5.23 Å². The largest absolute Gasteiger partial charge is 0.595 e. The van der Waals surface area contributed by atoms with Crippen molar-refractivity contribution < 1.29 is 30.5 Å². The minimum atomic E-state index is -1.34. The van der Waals surface area contributed by atoms with Crippen LogP contribution in [0.3, 0.4) is 0 Å². The van der Waals surface area contributed by atoms with Crippen molar-refractivity contribution in [2.45, 2.75) is 24.5 Å². The Morgan fingerprint density at radius 1 is 1.30 bits per heavy atom. The molecule has 1 heterocycles. The van der Waals surface area contributed by atoms with Crippen molar-refractivity contribution in [3.63, 3.8) is 0 Å². The summed E-state index contributed by atoms with van der Waals surface area (Å²) in [5.41, 5.74) is 0.266. The van der Waals surface area contributed by atoms with E-state index in [0.717, 1.165) is 0 Å². The molecule has 112 valence electrons. The lowest BCUT2D eigenvalue weighted by Gasteiger charge is -2.36. The van der Waals surface area contributed by atoms with E-state index >= 15 is 0 Å². The fourth-order valence-electron chi connectivity index (χ4n) is 1.88. The van der Waals surface area contributed by atoms with Gasteiger partial charge < -0.3 is 30.6 Å². The second-order valence-electron chi connectivity index (χ2n) is 4.45. The summed E-state index contributed by atoms with van der Waals surface area (Å²) >= 11 is 5.74. The zero-order chi connectivity index (χ0) is 14.9. The third-order valence-corrected chi connectivity index (χ3v) is 3.34. The molecule has 0 saturated carbocycles. The summed E-state index contributed by atoms with van der Waals surface area (Å²) in [6, 6.07) is 4.20. The Morgan fingerprint density at radius 3 is 2.65 bits per heavy atom. The predicted molar refractivity (Wildman–Crippen MR) is 68.6 cm³/mol. The highest BCUT2D eigenvalue weighted by Gasteiger charge is 2.37. The molecule has 1 aliphatic heterocycles. The molecule has 0 amide bonds. The Balaban J connectivity index is 2.12. The first kappa shape index (κ1) is 15.4. The van der Waals surface area contributed by atoms with Crippen LogP contribution >= 0.6 is 11.6 Å². The maximum absolute atomic E-state index is 11.0. The van der Waals surface area contributed by atoms with Crippen molar-refractivity contribution >= 4 is 23.0 Å². The molecule has 0 spiro atoms. The van der Waals surface area contributed by atoms with Crippen molar-refractivity contribution in [3.8, 4) is 0 Å².